The van der Waals surface area contributed by atoms with E-state index in [0.29, 0.717) is 12.0 Å². The fourth-order valence-electron chi connectivity index (χ4n) is 2.91. The van der Waals surface area contributed by atoms with Crippen LogP contribution in [0.5, 0.6) is 0 Å². The van der Waals surface area contributed by atoms with Crippen LogP contribution < -0.4 is 16.0 Å². The van der Waals surface area contributed by atoms with Crippen LogP contribution in [-0.4, -0.2) is 51.0 Å². The van der Waals surface area contributed by atoms with Crippen molar-refractivity contribution < 1.29 is 27.6 Å². The van der Waals surface area contributed by atoms with Gasteiger partial charge in [0.05, 0.1) is 31.6 Å². The number of carbonyl (C=O) groups is 3. The molecule has 13 heteroatoms. The Balaban J connectivity index is 1.80. The number of pyridine rings is 1. The SMILES string of the molecule is CC(=O)CN1CNC(N)=C(N(C=O)c2cnn(Cc3ccc(C(F)(F)F)nc3)c2)C1=O. The molecule has 2 aromatic rings. The molecule has 3 heterocycles. The van der Waals surface area contributed by atoms with Crippen LogP contribution in [0, 0.1) is 0 Å². The van der Waals surface area contributed by atoms with Gasteiger partial charge in [-0.15, -0.1) is 0 Å². The Morgan fingerprint density at radius 2 is 2.10 bits per heavy atom. The van der Waals surface area contributed by atoms with E-state index in [1.54, 1.807) is 0 Å². The van der Waals surface area contributed by atoms with E-state index >= 15 is 0 Å². The number of nitrogens with two attached hydrogens (primary N) is 1. The molecule has 0 radical (unpaired) electrons. The van der Waals surface area contributed by atoms with E-state index in [0.717, 1.165) is 17.2 Å². The van der Waals surface area contributed by atoms with Gasteiger partial charge in [-0.3, -0.25) is 28.9 Å². The van der Waals surface area contributed by atoms with Crippen LogP contribution in [0.2, 0.25) is 0 Å². The lowest BCUT2D eigenvalue weighted by Gasteiger charge is -2.32. The van der Waals surface area contributed by atoms with Gasteiger partial charge in [0.1, 0.15) is 17.3 Å². The highest BCUT2D eigenvalue weighted by Crippen LogP contribution is 2.27. The molecule has 3 N–H and O–H groups in total. The van der Waals surface area contributed by atoms with Gasteiger partial charge in [0.15, 0.2) is 5.70 Å². The number of halogens is 3. The van der Waals surface area contributed by atoms with Crippen molar-refractivity contribution in [2.45, 2.75) is 19.6 Å². The second-order valence-electron chi connectivity index (χ2n) is 6.72. The van der Waals surface area contributed by atoms with Crippen molar-refractivity contribution in [3.05, 3.63) is 53.5 Å². The smallest absolute Gasteiger partial charge is 0.384 e. The summed E-state index contributed by atoms with van der Waals surface area (Å²) in [5, 5.41) is 6.82. The molecule has 0 saturated carbocycles. The summed E-state index contributed by atoms with van der Waals surface area (Å²) in [5.74, 6) is -0.902. The molecule has 10 nitrogen and oxygen atoms in total. The fourth-order valence-corrected chi connectivity index (χ4v) is 2.91. The Hall–Kier alpha value is -3.90. The first kappa shape index (κ1) is 21.8. The molecule has 0 atom stereocenters. The van der Waals surface area contributed by atoms with E-state index in [9.17, 15) is 27.6 Å². The van der Waals surface area contributed by atoms with Crippen molar-refractivity contribution >= 4 is 23.8 Å². The van der Waals surface area contributed by atoms with Crippen molar-refractivity contribution in [1.29, 1.82) is 0 Å². The normalized spacial score (nSPS) is 14.5. The van der Waals surface area contributed by atoms with Crippen molar-refractivity contribution in [2.24, 2.45) is 5.73 Å². The molecule has 0 fully saturated rings. The highest BCUT2D eigenvalue weighted by molar-refractivity contribution is 6.04. The maximum Gasteiger partial charge on any atom is 0.433 e. The van der Waals surface area contributed by atoms with E-state index in [2.05, 4.69) is 15.4 Å². The van der Waals surface area contributed by atoms with Gasteiger partial charge in [-0.1, -0.05) is 6.07 Å². The van der Waals surface area contributed by atoms with Crippen LogP contribution in [0.1, 0.15) is 18.2 Å². The van der Waals surface area contributed by atoms with E-state index in [4.69, 9.17) is 5.73 Å². The zero-order valence-corrected chi connectivity index (χ0v) is 16.3. The number of hydrogen-bond donors (Lipinski definition) is 2. The second-order valence-corrected chi connectivity index (χ2v) is 6.72. The first-order chi connectivity index (χ1) is 14.6. The van der Waals surface area contributed by atoms with E-state index < -0.39 is 17.8 Å². The maximum atomic E-state index is 12.7. The summed E-state index contributed by atoms with van der Waals surface area (Å²) in [6, 6.07) is 2.13. The van der Waals surface area contributed by atoms with Crippen LogP contribution >= 0.6 is 0 Å². The number of nitrogens with one attached hydrogen (secondary N) is 1. The lowest BCUT2D eigenvalue weighted by atomic mass is 10.2. The summed E-state index contributed by atoms with van der Waals surface area (Å²) in [4.78, 5) is 41.4. The average Bonchev–Trinajstić information content (AvgIpc) is 3.15. The molecule has 0 aliphatic carbocycles. The molecule has 2 amide bonds. The summed E-state index contributed by atoms with van der Waals surface area (Å²) >= 11 is 0. The van der Waals surface area contributed by atoms with Crippen LogP contribution in [0.15, 0.2) is 42.2 Å². The third-order valence-corrected chi connectivity index (χ3v) is 4.32. The molecule has 1 aliphatic rings. The number of rotatable bonds is 7. The molecule has 164 valence electrons. The van der Waals surface area contributed by atoms with Gasteiger partial charge in [0.25, 0.3) is 5.91 Å². The zero-order chi connectivity index (χ0) is 22.8. The quantitative estimate of drug-likeness (QED) is 0.601. The van der Waals surface area contributed by atoms with Gasteiger partial charge in [0, 0.05) is 12.4 Å². The van der Waals surface area contributed by atoms with Crippen LogP contribution in [0.25, 0.3) is 0 Å². The number of alkyl halides is 3. The van der Waals surface area contributed by atoms with Gasteiger partial charge in [-0.25, -0.2) is 0 Å². The molecule has 1 aliphatic heterocycles. The number of aromatic nitrogens is 3. The van der Waals surface area contributed by atoms with Crippen LogP contribution in [0.3, 0.4) is 0 Å². The third kappa shape index (κ3) is 4.82. The maximum absolute atomic E-state index is 12.7. The van der Waals surface area contributed by atoms with Gasteiger partial charge in [-0.2, -0.15) is 18.3 Å². The van der Waals surface area contributed by atoms with Crippen molar-refractivity contribution in [1.82, 2.24) is 25.0 Å². The predicted molar refractivity (Wildman–Crippen MR) is 101 cm³/mol. The van der Waals surface area contributed by atoms with Crippen molar-refractivity contribution in [3.8, 4) is 0 Å². The summed E-state index contributed by atoms with van der Waals surface area (Å²) in [6.45, 7) is 1.26. The lowest BCUT2D eigenvalue weighted by molar-refractivity contribution is -0.141. The van der Waals surface area contributed by atoms with E-state index in [1.807, 2.05) is 0 Å². The lowest BCUT2D eigenvalue weighted by Crippen LogP contribution is -2.52. The Bertz CT molecular complexity index is 1030. The van der Waals surface area contributed by atoms with E-state index in [1.165, 1.54) is 35.0 Å². The topological polar surface area (TPSA) is 126 Å². The molecule has 0 unspecified atom stereocenters. The molecule has 0 bridgehead atoms. The Labute approximate surface area is 174 Å². The molecule has 0 spiro atoms. The van der Waals surface area contributed by atoms with Gasteiger partial charge in [-0.05, 0) is 18.6 Å². The Morgan fingerprint density at radius 3 is 2.68 bits per heavy atom. The summed E-state index contributed by atoms with van der Waals surface area (Å²) in [6.07, 6.45) is -0.365. The van der Waals surface area contributed by atoms with Crippen molar-refractivity contribution in [2.75, 3.05) is 18.1 Å². The zero-order valence-electron chi connectivity index (χ0n) is 16.3. The summed E-state index contributed by atoms with van der Waals surface area (Å²) in [7, 11) is 0. The number of nitrogens with zero attached hydrogens (tertiary/aromatic N) is 5. The minimum absolute atomic E-state index is 0.0145. The highest BCUT2D eigenvalue weighted by Gasteiger charge is 2.33. The van der Waals surface area contributed by atoms with E-state index in [-0.39, 0.29) is 42.7 Å². The summed E-state index contributed by atoms with van der Waals surface area (Å²) < 4.78 is 39.2. The second kappa shape index (κ2) is 8.45. The number of amides is 2. The first-order valence-electron chi connectivity index (χ1n) is 8.91. The first-order valence-corrected chi connectivity index (χ1v) is 8.91. The molecular weight excluding hydrogens is 419 g/mol. The molecular formula is C18H18F3N7O3. The predicted octanol–water partition coefficient (Wildman–Crippen LogP) is 0.414. The van der Waals surface area contributed by atoms with Crippen molar-refractivity contribution in [3.63, 3.8) is 0 Å². The Morgan fingerprint density at radius 1 is 1.35 bits per heavy atom. The minimum Gasteiger partial charge on any atom is -0.384 e. The number of Topliss-reactive ketones (excluding diaryl/α,β-unsaturated/α-hetero) is 1. The molecule has 31 heavy (non-hydrogen) atoms. The minimum atomic E-state index is -4.54. The standard InChI is InChI=1S/C18H18F3N7O3/c1-11(30)6-26-9-24-16(22)15(17(26)31)28(10-29)13-5-25-27(8-13)7-12-2-3-14(23-4-12)18(19,20)21/h2-5,8,10,24H,6-7,9,22H2,1H3. The molecule has 0 saturated heterocycles. The molecule has 2 aromatic heterocycles. The molecule has 0 aromatic carbocycles. The number of hydrogen-bond acceptors (Lipinski definition) is 7. The number of carbonyl (C=O) groups excluding carboxylic acids is 3. The summed E-state index contributed by atoms with van der Waals surface area (Å²) in [5.41, 5.74) is 5.33. The monoisotopic (exact) mass is 437 g/mol. The largest absolute Gasteiger partial charge is 0.433 e. The third-order valence-electron chi connectivity index (χ3n) is 4.32. The highest BCUT2D eigenvalue weighted by atomic mass is 19.4. The average molecular weight is 437 g/mol. The van der Waals surface area contributed by atoms with Gasteiger partial charge < -0.3 is 16.0 Å². The number of anilines is 1. The molecule has 3 rings (SSSR count). The van der Waals surface area contributed by atoms with Gasteiger partial charge >= 0.3 is 6.18 Å². The fraction of sp³-hybridized carbons (Fsp3) is 0.278. The van der Waals surface area contributed by atoms with Crippen LogP contribution in [-0.2, 0) is 27.1 Å². The number of ketones is 1. The Kier molecular flexibility index (Phi) is 5.95. The van der Waals surface area contributed by atoms with Crippen LogP contribution in [0.4, 0.5) is 18.9 Å². The van der Waals surface area contributed by atoms with Gasteiger partial charge in [0.2, 0.25) is 6.41 Å².